The molecule has 0 N–H and O–H groups in total. The summed E-state index contributed by atoms with van der Waals surface area (Å²) in [6, 6.07) is 8.89. The normalized spacial score (nSPS) is 12.5. The molecule has 29 heavy (non-hydrogen) atoms. The molecule has 0 bridgehead atoms. The van der Waals surface area contributed by atoms with E-state index in [2.05, 4.69) is 45.9 Å². The summed E-state index contributed by atoms with van der Waals surface area (Å²) in [4.78, 5) is 0. The molecule has 1 heterocycles. The molecule has 0 saturated carbocycles. The molecule has 0 atom stereocenters. The number of halogens is 1. The maximum atomic E-state index is 15.4. The zero-order chi connectivity index (χ0) is 22.5. The molecule has 154 valence electrons. The molecule has 0 radical (unpaired) electrons. The molecule has 0 unspecified atom stereocenters. The molecule has 0 aliphatic carbocycles. The number of benzene rings is 2. The second kappa shape index (κ2) is 7.89. The number of aryl methyl sites for hydroxylation is 2. The molecule has 0 saturated heterocycles. The van der Waals surface area contributed by atoms with E-state index in [0.29, 0.717) is 34.9 Å². The van der Waals surface area contributed by atoms with E-state index < -0.39 is 0 Å². The second-order valence-corrected chi connectivity index (χ2v) is 9.26. The van der Waals surface area contributed by atoms with Crippen LogP contribution in [0.5, 0.6) is 0 Å². The molecule has 0 aliphatic rings. The van der Waals surface area contributed by atoms with Gasteiger partial charge in [0.15, 0.2) is 5.69 Å². The van der Waals surface area contributed by atoms with Gasteiger partial charge in [-0.3, -0.25) is 0 Å². The van der Waals surface area contributed by atoms with E-state index >= 15 is 4.39 Å². The highest BCUT2D eigenvalue weighted by molar-refractivity contribution is 5.94. The van der Waals surface area contributed by atoms with Crippen molar-refractivity contribution in [3.63, 3.8) is 0 Å². The number of aromatic nitrogens is 1. The molecular formula is C27H35FN+. The van der Waals surface area contributed by atoms with Gasteiger partial charge in [0.2, 0.25) is 5.69 Å². The summed E-state index contributed by atoms with van der Waals surface area (Å²) in [5.74, 6) is 1.27. The second-order valence-electron chi connectivity index (χ2n) is 9.26. The molecule has 0 amide bonds. The quantitative estimate of drug-likeness (QED) is 0.416. The first-order valence-corrected chi connectivity index (χ1v) is 10.7. The van der Waals surface area contributed by atoms with Crippen molar-refractivity contribution in [3.8, 4) is 11.3 Å². The number of nitrogens with zero attached hydrogens (tertiary/aromatic N) is 1. The van der Waals surface area contributed by atoms with Gasteiger partial charge in [-0.1, -0.05) is 45.9 Å². The van der Waals surface area contributed by atoms with E-state index in [4.69, 9.17) is 1.37 Å². The smallest absolute Gasteiger partial charge is 0.206 e. The Labute approximate surface area is 177 Å². The number of hydrogen-bond acceptors (Lipinski definition) is 0. The van der Waals surface area contributed by atoms with Crippen LogP contribution in [0.1, 0.15) is 62.9 Å². The molecule has 0 fully saturated rings. The van der Waals surface area contributed by atoms with Crippen LogP contribution in [0.15, 0.2) is 30.3 Å². The molecule has 1 aromatic heterocycles. The lowest BCUT2D eigenvalue weighted by Crippen LogP contribution is -2.35. The molecular weight excluding hydrogens is 357 g/mol. The fraction of sp³-hybridized carbons (Fsp3) is 0.444. The molecule has 0 spiro atoms. The van der Waals surface area contributed by atoms with Crippen molar-refractivity contribution in [2.75, 3.05) is 0 Å². The van der Waals surface area contributed by atoms with Crippen LogP contribution in [-0.2, 0) is 7.05 Å². The zero-order valence-electron chi connectivity index (χ0n) is 20.4. The Kier molecular flexibility index (Phi) is 5.46. The van der Waals surface area contributed by atoms with Crippen LogP contribution in [0, 0.1) is 45.3 Å². The SMILES string of the molecule is [2H]c1c(C)[n+](C)c(-c2c(C)c(C)cc(C)c2F)c2ccc(C(C(C)C)C(C)C)cc12. The zero-order valence-corrected chi connectivity index (χ0v) is 19.4. The maximum Gasteiger partial charge on any atom is 0.223 e. The number of fused-ring (bicyclic) bond motifs is 1. The minimum Gasteiger partial charge on any atom is -0.206 e. The molecule has 2 heteroatoms. The molecule has 1 nitrogen and oxygen atoms in total. The Morgan fingerprint density at radius 1 is 0.931 bits per heavy atom. The summed E-state index contributed by atoms with van der Waals surface area (Å²) < 4.78 is 26.2. The Balaban J connectivity index is 2.44. The van der Waals surface area contributed by atoms with E-state index in [9.17, 15) is 0 Å². The predicted octanol–water partition coefficient (Wildman–Crippen LogP) is 7.10. The molecule has 0 aliphatic heterocycles. The van der Waals surface area contributed by atoms with Crippen molar-refractivity contribution in [1.82, 2.24) is 0 Å². The summed E-state index contributed by atoms with van der Waals surface area (Å²) >= 11 is 0. The van der Waals surface area contributed by atoms with Gasteiger partial charge in [-0.2, -0.15) is 4.57 Å². The van der Waals surface area contributed by atoms with Gasteiger partial charge in [0.25, 0.3) is 0 Å². The standard InChI is InChI=1S/C27H35FN/c1-15(2)24(16(3)4)21-10-11-23-22(14-21)13-19(7)29(9)27(23)25-20(8)17(5)12-18(6)26(25)28/h10-16,24H,1-9H3/q+1/i13D. The van der Waals surface area contributed by atoms with Crippen LogP contribution in [-0.4, -0.2) is 0 Å². The highest BCUT2D eigenvalue weighted by atomic mass is 19.1. The summed E-state index contributed by atoms with van der Waals surface area (Å²) in [7, 11) is 1.94. The Morgan fingerprint density at radius 3 is 2.14 bits per heavy atom. The summed E-state index contributed by atoms with van der Waals surface area (Å²) in [5, 5.41) is 1.84. The fourth-order valence-corrected chi connectivity index (χ4v) is 4.89. The lowest BCUT2D eigenvalue weighted by atomic mass is 9.79. The molecule has 2 aromatic carbocycles. The first-order chi connectivity index (χ1) is 14.0. The third-order valence-electron chi connectivity index (χ3n) is 6.48. The van der Waals surface area contributed by atoms with Gasteiger partial charge in [0.1, 0.15) is 12.9 Å². The first kappa shape index (κ1) is 20.1. The topological polar surface area (TPSA) is 3.88 Å². The van der Waals surface area contributed by atoms with Crippen molar-refractivity contribution in [1.29, 1.82) is 0 Å². The highest BCUT2D eigenvalue weighted by Crippen LogP contribution is 2.37. The lowest BCUT2D eigenvalue weighted by molar-refractivity contribution is -0.665. The van der Waals surface area contributed by atoms with Gasteiger partial charge in [-0.15, -0.1) is 0 Å². The summed E-state index contributed by atoms with van der Waals surface area (Å²) in [6.45, 7) is 16.8. The van der Waals surface area contributed by atoms with Crippen molar-refractivity contribution in [2.24, 2.45) is 18.9 Å². The largest absolute Gasteiger partial charge is 0.223 e. The van der Waals surface area contributed by atoms with Crippen molar-refractivity contribution in [2.45, 2.75) is 61.3 Å². The van der Waals surface area contributed by atoms with Crippen LogP contribution < -0.4 is 4.57 Å². The van der Waals surface area contributed by atoms with Gasteiger partial charge in [-0.25, -0.2) is 4.39 Å². The van der Waals surface area contributed by atoms with Crippen LogP contribution in [0.2, 0.25) is 0 Å². The van der Waals surface area contributed by atoms with E-state index in [-0.39, 0.29) is 5.82 Å². The van der Waals surface area contributed by atoms with Crippen LogP contribution in [0.4, 0.5) is 4.39 Å². The van der Waals surface area contributed by atoms with E-state index in [1.165, 1.54) is 5.56 Å². The van der Waals surface area contributed by atoms with Crippen molar-refractivity contribution in [3.05, 3.63) is 64.1 Å². The lowest BCUT2D eigenvalue weighted by Gasteiger charge is -2.26. The monoisotopic (exact) mass is 393 g/mol. The Morgan fingerprint density at radius 2 is 1.55 bits per heavy atom. The Bertz CT molecular complexity index is 1090. The van der Waals surface area contributed by atoms with E-state index in [1.807, 2.05) is 45.4 Å². The Hall–Kier alpha value is -2.22. The van der Waals surface area contributed by atoms with Crippen molar-refractivity contribution < 1.29 is 10.3 Å². The third kappa shape index (κ3) is 3.70. The van der Waals surface area contributed by atoms with Crippen LogP contribution >= 0.6 is 0 Å². The van der Waals surface area contributed by atoms with Gasteiger partial charge in [0.05, 0.1) is 12.3 Å². The number of hydrogen-bond donors (Lipinski definition) is 0. The summed E-state index contributed by atoms with van der Waals surface area (Å²) in [6.07, 6.45) is 0. The summed E-state index contributed by atoms with van der Waals surface area (Å²) in [5.41, 5.74) is 6.32. The van der Waals surface area contributed by atoms with Gasteiger partial charge in [0, 0.05) is 13.0 Å². The van der Waals surface area contributed by atoms with Gasteiger partial charge >= 0.3 is 0 Å². The number of rotatable bonds is 4. The van der Waals surface area contributed by atoms with Crippen molar-refractivity contribution >= 4 is 10.8 Å². The minimum absolute atomic E-state index is 0.168. The minimum atomic E-state index is -0.168. The average molecular weight is 394 g/mol. The van der Waals surface area contributed by atoms with Gasteiger partial charge < -0.3 is 0 Å². The van der Waals surface area contributed by atoms with E-state index in [0.717, 1.165) is 33.3 Å². The third-order valence-corrected chi connectivity index (χ3v) is 6.48. The van der Waals surface area contributed by atoms with E-state index in [1.54, 1.807) is 0 Å². The fourth-order valence-electron chi connectivity index (χ4n) is 4.89. The molecule has 3 aromatic rings. The maximum absolute atomic E-state index is 15.4. The van der Waals surface area contributed by atoms with Crippen LogP contribution in [0.25, 0.3) is 22.0 Å². The van der Waals surface area contributed by atoms with Gasteiger partial charge in [-0.05, 0) is 72.2 Å². The first-order valence-electron chi connectivity index (χ1n) is 11.2. The van der Waals surface area contributed by atoms with Crippen LogP contribution in [0.3, 0.4) is 0 Å². The predicted molar refractivity (Wildman–Crippen MR) is 122 cm³/mol. The number of pyridine rings is 1. The molecule has 3 rings (SSSR count). The average Bonchev–Trinajstić information content (AvgIpc) is 2.67. The highest BCUT2D eigenvalue weighted by Gasteiger charge is 2.26.